The van der Waals surface area contributed by atoms with Crippen molar-refractivity contribution < 1.29 is 13.6 Å². The van der Waals surface area contributed by atoms with Gasteiger partial charge in [-0.25, -0.2) is 0 Å². The van der Waals surface area contributed by atoms with Crippen LogP contribution in [0.2, 0.25) is 5.02 Å². The number of nitrogens with one attached hydrogen (secondary N) is 2. The van der Waals surface area contributed by atoms with E-state index in [1.807, 2.05) is 13.0 Å². The monoisotopic (exact) mass is 356 g/mol. The van der Waals surface area contributed by atoms with Gasteiger partial charge in [-0.1, -0.05) is 29.4 Å². The topological polar surface area (TPSA) is 41.1 Å². The lowest BCUT2D eigenvalue weighted by atomic mass is 10.2. The summed E-state index contributed by atoms with van der Waals surface area (Å²) in [5.74, 6) is -2.70. The highest BCUT2D eigenvalue weighted by atomic mass is 35.5. The number of aryl methyl sites for hydroxylation is 1. The lowest BCUT2D eigenvalue weighted by molar-refractivity contribution is -0.114. The van der Waals surface area contributed by atoms with Crippen LogP contribution < -0.4 is 10.6 Å². The van der Waals surface area contributed by atoms with Crippen LogP contribution in [0.3, 0.4) is 0 Å². The third-order valence-corrected chi connectivity index (χ3v) is 3.96. The molecule has 0 heterocycles. The fourth-order valence-corrected chi connectivity index (χ4v) is 2.56. The van der Waals surface area contributed by atoms with Crippen LogP contribution in [-0.2, 0) is 4.79 Å². The molecule has 1 amide bonds. The molecule has 7 heteroatoms. The SMILES string of the molecule is Cc1ccc(Cl)cc1NCC(=O)Nc1ccc(SC(F)F)cc1. The highest BCUT2D eigenvalue weighted by Gasteiger charge is 2.07. The van der Waals surface area contributed by atoms with Crippen molar-refractivity contribution in [2.75, 3.05) is 17.2 Å². The van der Waals surface area contributed by atoms with Crippen molar-refractivity contribution >= 4 is 40.6 Å². The first-order valence-corrected chi connectivity index (χ1v) is 8.04. The highest BCUT2D eigenvalue weighted by Crippen LogP contribution is 2.26. The van der Waals surface area contributed by atoms with E-state index in [0.29, 0.717) is 27.4 Å². The lowest BCUT2D eigenvalue weighted by Crippen LogP contribution is -2.22. The molecule has 3 nitrogen and oxygen atoms in total. The molecule has 0 aliphatic carbocycles. The van der Waals surface area contributed by atoms with Gasteiger partial charge in [-0.05, 0) is 48.9 Å². The maximum atomic E-state index is 12.2. The molecule has 0 aliphatic rings. The van der Waals surface area contributed by atoms with Crippen LogP contribution in [0.5, 0.6) is 0 Å². The summed E-state index contributed by atoms with van der Waals surface area (Å²) >= 11 is 6.38. The average molecular weight is 357 g/mol. The Morgan fingerprint density at radius 1 is 1.22 bits per heavy atom. The van der Waals surface area contributed by atoms with Gasteiger partial charge in [-0.3, -0.25) is 4.79 Å². The third kappa shape index (κ3) is 5.73. The summed E-state index contributed by atoms with van der Waals surface area (Å²) in [5, 5.41) is 6.30. The number of hydrogen-bond acceptors (Lipinski definition) is 3. The molecule has 0 fully saturated rings. The van der Waals surface area contributed by atoms with Gasteiger partial charge in [0.2, 0.25) is 5.91 Å². The van der Waals surface area contributed by atoms with Gasteiger partial charge in [0.25, 0.3) is 5.76 Å². The van der Waals surface area contributed by atoms with Gasteiger partial charge in [0.15, 0.2) is 0 Å². The van der Waals surface area contributed by atoms with Gasteiger partial charge in [-0.15, -0.1) is 0 Å². The van der Waals surface area contributed by atoms with E-state index in [4.69, 9.17) is 11.6 Å². The third-order valence-electron chi connectivity index (χ3n) is 3.00. The summed E-state index contributed by atoms with van der Waals surface area (Å²) in [4.78, 5) is 12.4. The maximum Gasteiger partial charge on any atom is 0.288 e. The van der Waals surface area contributed by atoms with Crippen molar-refractivity contribution in [3.63, 3.8) is 0 Å². The minimum atomic E-state index is -2.46. The second-order valence-corrected chi connectivity index (χ2v) is 6.26. The van der Waals surface area contributed by atoms with Crippen LogP contribution in [0.15, 0.2) is 47.4 Å². The van der Waals surface area contributed by atoms with Crippen molar-refractivity contribution in [3.05, 3.63) is 53.1 Å². The Morgan fingerprint density at radius 2 is 1.91 bits per heavy atom. The zero-order valence-electron chi connectivity index (χ0n) is 12.3. The number of benzene rings is 2. The summed E-state index contributed by atoms with van der Waals surface area (Å²) in [6.45, 7) is 1.99. The smallest absolute Gasteiger partial charge is 0.288 e. The van der Waals surface area contributed by atoms with Crippen molar-refractivity contribution in [1.82, 2.24) is 0 Å². The molecule has 2 aromatic rings. The Kier molecular flexibility index (Phi) is 6.24. The predicted octanol–water partition coefficient (Wildman–Crippen LogP) is 5.01. The Balaban J connectivity index is 1.88. The summed E-state index contributed by atoms with van der Waals surface area (Å²) in [6, 6.07) is 11.7. The molecule has 23 heavy (non-hydrogen) atoms. The molecule has 0 atom stereocenters. The molecule has 0 spiro atoms. The maximum absolute atomic E-state index is 12.2. The first kappa shape index (κ1) is 17.6. The molecule has 2 N–H and O–H groups in total. The van der Waals surface area contributed by atoms with Crippen LogP contribution in [0, 0.1) is 6.92 Å². The van der Waals surface area contributed by atoms with E-state index in [2.05, 4.69) is 10.6 Å². The molecule has 0 bridgehead atoms. The zero-order chi connectivity index (χ0) is 16.8. The van der Waals surface area contributed by atoms with Crippen LogP contribution in [-0.4, -0.2) is 18.2 Å². The Hall–Kier alpha value is -1.79. The number of hydrogen-bond donors (Lipinski definition) is 2. The standard InChI is InChI=1S/C16H15ClF2N2OS/c1-10-2-3-11(17)8-14(10)20-9-15(22)21-12-4-6-13(7-5-12)23-16(18)19/h2-8,16,20H,9H2,1H3,(H,21,22). The van der Waals surface area contributed by atoms with E-state index < -0.39 is 5.76 Å². The van der Waals surface area contributed by atoms with E-state index in [-0.39, 0.29) is 12.5 Å². The molecule has 0 saturated heterocycles. The number of carbonyl (C=O) groups is 1. The number of rotatable bonds is 6. The molecule has 0 aliphatic heterocycles. The Labute approximate surface area is 142 Å². The van der Waals surface area contributed by atoms with E-state index in [1.165, 1.54) is 0 Å². The van der Waals surface area contributed by atoms with Gasteiger partial charge in [0.1, 0.15) is 0 Å². The molecular formula is C16H15ClF2N2OS. The lowest BCUT2D eigenvalue weighted by Gasteiger charge is -2.10. The number of anilines is 2. The van der Waals surface area contributed by atoms with E-state index >= 15 is 0 Å². The zero-order valence-corrected chi connectivity index (χ0v) is 13.8. The molecule has 0 unspecified atom stereocenters. The van der Waals surface area contributed by atoms with E-state index in [0.717, 1.165) is 11.3 Å². The summed E-state index contributed by atoms with van der Waals surface area (Å²) < 4.78 is 24.5. The average Bonchev–Trinajstić information content (AvgIpc) is 2.50. The van der Waals surface area contributed by atoms with Crippen LogP contribution in [0.25, 0.3) is 0 Å². The van der Waals surface area contributed by atoms with Gasteiger partial charge < -0.3 is 10.6 Å². The normalized spacial score (nSPS) is 10.7. The fraction of sp³-hybridized carbons (Fsp3) is 0.188. The highest BCUT2D eigenvalue weighted by molar-refractivity contribution is 7.99. The van der Waals surface area contributed by atoms with Crippen molar-refractivity contribution in [1.29, 1.82) is 0 Å². The van der Waals surface area contributed by atoms with Crippen LogP contribution in [0.1, 0.15) is 5.56 Å². The summed E-state index contributed by atoms with van der Waals surface area (Å²) in [6.07, 6.45) is 0. The molecule has 122 valence electrons. The number of halogens is 3. The molecule has 2 rings (SSSR count). The van der Waals surface area contributed by atoms with Gasteiger partial charge in [0.05, 0.1) is 6.54 Å². The molecule has 0 saturated carbocycles. The second kappa shape index (κ2) is 8.17. The number of amides is 1. The second-order valence-electron chi connectivity index (χ2n) is 4.76. The number of alkyl halides is 2. The quantitative estimate of drug-likeness (QED) is 0.714. The summed E-state index contributed by atoms with van der Waals surface area (Å²) in [7, 11) is 0. The van der Waals surface area contributed by atoms with Gasteiger partial charge in [0, 0.05) is 21.3 Å². The van der Waals surface area contributed by atoms with Crippen molar-refractivity contribution in [3.8, 4) is 0 Å². The Bertz CT molecular complexity index is 680. The van der Waals surface area contributed by atoms with E-state index in [1.54, 1.807) is 36.4 Å². The number of thioether (sulfide) groups is 1. The largest absolute Gasteiger partial charge is 0.376 e. The fourth-order valence-electron chi connectivity index (χ4n) is 1.89. The van der Waals surface area contributed by atoms with Crippen LogP contribution >= 0.6 is 23.4 Å². The predicted molar refractivity (Wildman–Crippen MR) is 91.6 cm³/mol. The van der Waals surface area contributed by atoms with Gasteiger partial charge >= 0.3 is 0 Å². The molecule has 2 aromatic carbocycles. The molecular weight excluding hydrogens is 342 g/mol. The first-order valence-electron chi connectivity index (χ1n) is 6.79. The van der Waals surface area contributed by atoms with Crippen molar-refractivity contribution in [2.24, 2.45) is 0 Å². The van der Waals surface area contributed by atoms with Crippen LogP contribution in [0.4, 0.5) is 20.2 Å². The minimum absolute atomic E-state index is 0.0781. The van der Waals surface area contributed by atoms with E-state index in [9.17, 15) is 13.6 Å². The summed E-state index contributed by atoms with van der Waals surface area (Å²) in [5.41, 5.74) is 2.32. The Morgan fingerprint density at radius 3 is 2.57 bits per heavy atom. The van der Waals surface area contributed by atoms with Crippen molar-refractivity contribution in [2.45, 2.75) is 17.6 Å². The molecule has 0 radical (unpaired) electrons. The minimum Gasteiger partial charge on any atom is -0.376 e. The number of carbonyl (C=O) groups excluding carboxylic acids is 1. The first-order chi connectivity index (χ1) is 10.9. The molecule has 0 aromatic heterocycles. The van der Waals surface area contributed by atoms with Gasteiger partial charge in [-0.2, -0.15) is 8.78 Å².